The Morgan fingerprint density at radius 2 is 1.60 bits per heavy atom. The lowest BCUT2D eigenvalue weighted by Gasteiger charge is -2.25. The summed E-state index contributed by atoms with van der Waals surface area (Å²) in [6, 6.07) is 18.1. The van der Waals surface area contributed by atoms with Gasteiger partial charge in [0.1, 0.15) is 5.83 Å². The SMILES string of the molecule is CC1(Cl)C=CC(OC(=O)N(c2ccccc2)c2ccccc2)=C(F)C1. The van der Waals surface area contributed by atoms with Crippen molar-refractivity contribution in [2.24, 2.45) is 0 Å². The van der Waals surface area contributed by atoms with Crippen molar-refractivity contribution in [3.63, 3.8) is 0 Å². The van der Waals surface area contributed by atoms with E-state index >= 15 is 0 Å². The predicted molar refractivity (Wildman–Crippen MR) is 97.7 cm³/mol. The summed E-state index contributed by atoms with van der Waals surface area (Å²) in [6.45, 7) is 1.70. The molecule has 0 bridgehead atoms. The quantitative estimate of drug-likeness (QED) is 0.621. The molecule has 1 aliphatic rings. The maximum atomic E-state index is 14.2. The highest BCUT2D eigenvalue weighted by Crippen LogP contribution is 2.34. The van der Waals surface area contributed by atoms with Crippen molar-refractivity contribution in [1.29, 1.82) is 0 Å². The van der Waals surface area contributed by atoms with E-state index in [1.807, 2.05) is 36.4 Å². The molecule has 0 spiro atoms. The number of hydrogen-bond acceptors (Lipinski definition) is 2. The van der Waals surface area contributed by atoms with Gasteiger partial charge in [-0.3, -0.25) is 0 Å². The Kier molecular flexibility index (Phi) is 4.91. The normalized spacial score (nSPS) is 19.6. The number of para-hydroxylation sites is 2. The van der Waals surface area contributed by atoms with E-state index in [2.05, 4.69) is 0 Å². The number of allylic oxidation sites excluding steroid dienone is 3. The summed E-state index contributed by atoms with van der Waals surface area (Å²) in [7, 11) is 0. The highest BCUT2D eigenvalue weighted by molar-refractivity contribution is 6.25. The molecular formula is C20H17ClFNO2. The van der Waals surface area contributed by atoms with Gasteiger partial charge in [-0.2, -0.15) is 0 Å². The summed E-state index contributed by atoms with van der Waals surface area (Å²) in [5.74, 6) is -0.658. The lowest BCUT2D eigenvalue weighted by atomic mass is 10.0. The fourth-order valence-corrected chi connectivity index (χ4v) is 2.71. The molecule has 3 nitrogen and oxygen atoms in total. The van der Waals surface area contributed by atoms with E-state index in [0.717, 1.165) is 0 Å². The topological polar surface area (TPSA) is 29.5 Å². The van der Waals surface area contributed by atoms with E-state index in [0.29, 0.717) is 11.4 Å². The Bertz CT molecular complexity index is 777. The Morgan fingerprint density at radius 1 is 1.08 bits per heavy atom. The first-order valence-corrected chi connectivity index (χ1v) is 8.23. The minimum Gasteiger partial charge on any atom is -0.407 e. The van der Waals surface area contributed by atoms with Crippen molar-refractivity contribution in [3.05, 3.63) is 84.4 Å². The minimum atomic E-state index is -0.807. The number of alkyl halides is 1. The number of anilines is 2. The van der Waals surface area contributed by atoms with E-state index < -0.39 is 16.8 Å². The number of benzene rings is 2. The third kappa shape index (κ3) is 4.09. The van der Waals surface area contributed by atoms with E-state index in [-0.39, 0.29) is 12.2 Å². The molecule has 0 saturated heterocycles. The van der Waals surface area contributed by atoms with Crippen LogP contribution in [0.1, 0.15) is 13.3 Å². The molecule has 1 unspecified atom stereocenters. The van der Waals surface area contributed by atoms with Gasteiger partial charge < -0.3 is 4.74 Å². The summed E-state index contributed by atoms with van der Waals surface area (Å²) in [6.07, 6.45) is 2.31. The highest BCUT2D eigenvalue weighted by Gasteiger charge is 2.28. The first kappa shape index (κ1) is 17.2. The van der Waals surface area contributed by atoms with Gasteiger partial charge in [-0.25, -0.2) is 14.1 Å². The third-order valence-corrected chi connectivity index (χ3v) is 4.02. The fraction of sp³-hybridized carbons (Fsp3) is 0.150. The molecule has 1 amide bonds. The van der Waals surface area contributed by atoms with Gasteiger partial charge in [0.05, 0.1) is 16.2 Å². The van der Waals surface area contributed by atoms with Crippen LogP contribution in [0.15, 0.2) is 84.4 Å². The van der Waals surface area contributed by atoms with Crippen LogP contribution >= 0.6 is 11.6 Å². The van der Waals surface area contributed by atoms with Gasteiger partial charge in [-0.15, -0.1) is 11.6 Å². The van der Waals surface area contributed by atoms with Gasteiger partial charge in [-0.1, -0.05) is 42.5 Å². The molecule has 0 N–H and O–H groups in total. The third-order valence-electron chi connectivity index (χ3n) is 3.76. The molecule has 5 heteroatoms. The number of carbonyl (C=O) groups is 1. The molecule has 0 radical (unpaired) electrons. The molecular weight excluding hydrogens is 341 g/mol. The second kappa shape index (κ2) is 7.11. The number of nitrogens with zero attached hydrogens (tertiary/aromatic N) is 1. The van der Waals surface area contributed by atoms with Crippen LogP contribution in [0.2, 0.25) is 0 Å². The predicted octanol–water partition coefficient (Wildman–Crippen LogP) is 6.10. The largest absolute Gasteiger partial charge is 0.424 e. The number of halogens is 2. The average molecular weight is 358 g/mol. The van der Waals surface area contributed by atoms with Crippen molar-refractivity contribution in [2.75, 3.05) is 4.90 Å². The summed E-state index contributed by atoms with van der Waals surface area (Å²) in [5.41, 5.74) is 1.25. The van der Waals surface area contributed by atoms with Gasteiger partial charge >= 0.3 is 6.09 Å². The zero-order chi connectivity index (χ0) is 17.9. The standard InChI is InChI=1S/C20H17ClFNO2/c1-20(21)13-12-18(17(22)14-20)25-19(24)23(15-8-4-2-5-9-15)16-10-6-3-7-11-16/h2-13H,14H2,1H3. The van der Waals surface area contributed by atoms with Crippen molar-refractivity contribution in [2.45, 2.75) is 18.2 Å². The molecule has 3 rings (SSSR count). The van der Waals surface area contributed by atoms with Gasteiger partial charge in [-0.05, 0) is 37.3 Å². The fourth-order valence-electron chi connectivity index (χ4n) is 2.53. The molecule has 2 aromatic carbocycles. The van der Waals surface area contributed by atoms with Crippen molar-refractivity contribution < 1.29 is 13.9 Å². The van der Waals surface area contributed by atoms with Gasteiger partial charge in [0, 0.05) is 6.42 Å². The number of carbonyl (C=O) groups excluding carboxylic acids is 1. The Morgan fingerprint density at radius 3 is 2.08 bits per heavy atom. The second-order valence-corrected chi connectivity index (χ2v) is 6.80. The summed E-state index contributed by atoms with van der Waals surface area (Å²) >= 11 is 6.11. The molecule has 0 aliphatic heterocycles. The molecule has 0 fully saturated rings. The van der Waals surface area contributed by atoms with Crippen LogP contribution in [-0.2, 0) is 4.74 Å². The van der Waals surface area contributed by atoms with Crippen molar-refractivity contribution in [1.82, 2.24) is 0 Å². The maximum absolute atomic E-state index is 14.2. The monoisotopic (exact) mass is 357 g/mol. The van der Waals surface area contributed by atoms with Crippen molar-refractivity contribution in [3.8, 4) is 0 Å². The molecule has 0 heterocycles. The summed E-state index contributed by atoms with van der Waals surface area (Å²) in [4.78, 5) is 13.3. The molecule has 0 aromatic heterocycles. The first-order chi connectivity index (χ1) is 12.0. The number of rotatable bonds is 3. The lowest BCUT2D eigenvalue weighted by molar-refractivity contribution is 0.185. The van der Waals surface area contributed by atoms with Gasteiger partial charge in [0.2, 0.25) is 0 Å². The zero-order valence-electron chi connectivity index (χ0n) is 13.7. The molecule has 128 valence electrons. The number of hydrogen-bond donors (Lipinski definition) is 0. The Balaban J connectivity index is 1.90. The van der Waals surface area contributed by atoms with Crippen molar-refractivity contribution >= 4 is 29.1 Å². The van der Waals surface area contributed by atoms with Crippen LogP contribution in [0.3, 0.4) is 0 Å². The minimum absolute atomic E-state index is 0.0235. The second-order valence-electron chi connectivity index (χ2n) is 5.93. The van der Waals surface area contributed by atoms with Crippen LogP contribution in [0.5, 0.6) is 0 Å². The number of ether oxygens (including phenoxy) is 1. The summed E-state index contributed by atoms with van der Waals surface area (Å²) in [5, 5.41) is 0. The molecule has 1 atom stereocenters. The smallest absolute Gasteiger partial charge is 0.407 e. The first-order valence-electron chi connectivity index (χ1n) is 7.85. The van der Waals surface area contributed by atoms with E-state index in [9.17, 15) is 9.18 Å². The van der Waals surface area contributed by atoms with Crippen LogP contribution < -0.4 is 4.90 Å². The van der Waals surface area contributed by atoms with Gasteiger partial charge in [0.15, 0.2) is 5.76 Å². The summed E-state index contributed by atoms with van der Waals surface area (Å²) < 4.78 is 19.5. The Hall–Kier alpha value is -2.59. The van der Waals surface area contributed by atoms with E-state index in [4.69, 9.17) is 16.3 Å². The number of amides is 1. The maximum Gasteiger partial charge on any atom is 0.424 e. The van der Waals surface area contributed by atoms with Crippen LogP contribution in [0, 0.1) is 0 Å². The van der Waals surface area contributed by atoms with E-state index in [1.165, 1.54) is 11.0 Å². The lowest BCUT2D eigenvalue weighted by Crippen LogP contribution is -2.27. The van der Waals surface area contributed by atoms with E-state index in [1.54, 1.807) is 37.3 Å². The molecule has 1 aliphatic carbocycles. The Labute approximate surface area is 151 Å². The highest BCUT2D eigenvalue weighted by atomic mass is 35.5. The molecule has 25 heavy (non-hydrogen) atoms. The molecule has 0 saturated carbocycles. The van der Waals surface area contributed by atoms with Crippen LogP contribution in [0.4, 0.5) is 20.6 Å². The average Bonchev–Trinajstić information content (AvgIpc) is 2.59. The van der Waals surface area contributed by atoms with Crippen LogP contribution in [0.25, 0.3) is 0 Å². The zero-order valence-corrected chi connectivity index (χ0v) is 14.4. The molecule has 2 aromatic rings. The van der Waals surface area contributed by atoms with Crippen LogP contribution in [-0.4, -0.2) is 11.0 Å². The van der Waals surface area contributed by atoms with Gasteiger partial charge in [0.25, 0.3) is 0 Å².